The van der Waals surface area contributed by atoms with Crippen molar-refractivity contribution in [1.29, 1.82) is 0 Å². The number of para-hydroxylation sites is 1. The van der Waals surface area contributed by atoms with Crippen LogP contribution in [0.5, 0.6) is 5.75 Å². The minimum atomic E-state index is -2.27. The predicted molar refractivity (Wildman–Crippen MR) is 136 cm³/mol. The summed E-state index contributed by atoms with van der Waals surface area (Å²) in [7, 11) is 3.10. The van der Waals surface area contributed by atoms with E-state index >= 15 is 0 Å². The Morgan fingerprint density at radius 1 is 1.08 bits per heavy atom. The van der Waals surface area contributed by atoms with Crippen LogP contribution >= 0.6 is 0 Å². The molecule has 0 aliphatic carbocycles. The maximum absolute atomic E-state index is 13.6. The molecular weight excluding hydrogens is 458 g/mol. The Kier molecular flexibility index (Phi) is 6.93. The minimum Gasteiger partial charge on any atom is -0.497 e. The smallest absolute Gasteiger partial charge is 0.277 e. The fraction of sp³-hybridized carbons (Fsp3) is 0.222. The molecule has 0 saturated carbocycles. The lowest BCUT2D eigenvalue weighted by molar-refractivity contribution is -0.136. The number of amides is 2. The summed E-state index contributed by atoms with van der Waals surface area (Å²) in [4.78, 5) is 50.0. The molecule has 9 heteroatoms. The average molecular weight is 486 g/mol. The highest BCUT2D eigenvalue weighted by Crippen LogP contribution is 2.30. The van der Waals surface area contributed by atoms with E-state index in [-0.39, 0.29) is 6.42 Å². The molecule has 3 N–H and O–H groups in total. The van der Waals surface area contributed by atoms with Crippen LogP contribution in [0.2, 0.25) is 0 Å². The molecule has 1 unspecified atom stereocenters. The van der Waals surface area contributed by atoms with Gasteiger partial charge in [0.15, 0.2) is 0 Å². The number of benzene rings is 2. The van der Waals surface area contributed by atoms with Crippen molar-refractivity contribution in [2.75, 3.05) is 19.1 Å². The van der Waals surface area contributed by atoms with Crippen LogP contribution in [-0.4, -0.2) is 54.2 Å². The number of rotatable bonds is 7. The highest BCUT2D eigenvalue weighted by atomic mass is 16.5. The van der Waals surface area contributed by atoms with Crippen LogP contribution in [0, 0.1) is 0 Å². The lowest BCUT2D eigenvalue weighted by atomic mass is 9.98. The van der Waals surface area contributed by atoms with E-state index in [0.29, 0.717) is 28.4 Å². The molecule has 0 saturated heterocycles. The lowest BCUT2D eigenvalue weighted by Crippen LogP contribution is -2.63. The van der Waals surface area contributed by atoms with Gasteiger partial charge in [0, 0.05) is 18.8 Å². The van der Waals surface area contributed by atoms with Gasteiger partial charge in [-0.3, -0.25) is 25.1 Å². The van der Waals surface area contributed by atoms with Gasteiger partial charge in [-0.15, -0.1) is 0 Å². The summed E-state index contributed by atoms with van der Waals surface area (Å²) >= 11 is 0. The average Bonchev–Trinajstić information content (AvgIpc) is 2.98. The van der Waals surface area contributed by atoms with Gasteiger partial charge in [0.25, 0.3) is 5.91 Å². The number of pyridine rings is 1. The van der Waals surface area contributed by atoms with Crippen LogP contribution < -0.4 is 20.7 Å². The molecule has 0 radical (unpaired) electrons. The number of aliphatic imine (C=N–C) groups is 1. The van der Waals surface area contributed by atoms with Crippen molar-refractivity contribution in [3.63, 3.8) is 0 Å². The Hall–Kier alpha value is -4.37. The van der Waals surface area contributed by atoms with Gasteiger partial charge in [0.05, 0.1) is 36.7 Å². The van der Waals surface area contributed by atoms with Crippen LogP contribution in [0.25, 0.3) is 0 Å². The van der Waals surface area contributed by atoms with Gasteiger partial charge in [-0.1, -0.05) is 36.4 Å². The quantitative estimate of drug-likeness (QED) is 0.492. The number of likely N-dealkylation sites (N-methyl/N-ethyl adjacent to an activating group) is 1. The zero-order valence-corrected chi connectivity index (χ0v) is 20.3. The van der Waals surface area contributed by atoms with Crippen molar-refractivity contribution >= 4 is 29.0 Å². The van der Waals surface area contributed by atoms with Gasteiger partial charge in [-0.05, 0) is 42.8 Å². The minimum absolute atomic E-state index is 0.0426. The van der Waals surface area contributed by atoms with Crippen molar-refractivity contribution in [2.24, 2.45) is 10.7 Å². The van der Waals surface area contributed by atoms with Gasteiger partial charge in [-0.2, -0.15) is 0 Å². The van der Waals surface area contributed by atoms with Crippen LogP contribution in [0.4, 0.5) is 5.69 Å². The van der Waals surface area contributed by atoms with E-state index < -0.39 is 29.3 Å². The number of anilines is 1. The number of nitrogens with one attached hydrogen (secondary N) is 1. The third kappa shape index (κ3) is 4.73. The van der Waals surface area contributed by atoms with Gasteiger partial charge >= 0.3 is 0 Å². The number of carbonyl (C=O) groups is 3. The van der Waals surface area contributed by atoms with Gasteiger partial charge in [0.2, 0.25) is 17.4 Å². The largest absolute Gasteiger partial charge is 0.497 e. The number of fused-ring (bicyclic) bond motifs is 1. The first-order valence-corrected chi connectivity index (χ1v) is 11.4. The van der Waals surface area contributed by atoms with Gasteiger partial charge in [-0.25, -0.2) is 4.99 Å². The molecule has 1 aliphatic rings. The Labute approximate surface area is 209 Å². The predicted octanol–water partition coefficient (Wildman–Crippen LogP) is 1.88. The van der Waals surface area contributed by atoms with Crippen LogP contribution in [0.1, 0.15) is 23.7 Å². The maximum Gasteiger partial charge on any atom is 0.277 e. The third-order valence-electron chi connectivity index (χ3n) is 6.02. The molecule has 36 heavy (non-hydrogen) atoms. The number of aromatic nitrogens is 1. The van der Waals surface area contributed by atoms with E-state index in [2.05, 4.69) is 15.3 Å². The van der Waals surface area contributed by atoms with Crippen molar-refractivity contribution in [2.45, 2.75) is 25.0 Å². The van der Waals surface area contributed by atoms with Crippen molar-refractivity contribution in [3.8, 4) is 5.75 Å². The first kappa shape index (κ1) is 24.7. The number of carbonyl (C=O) groups excluding carboxylic acids is 3. The Bertz CT molecular complexity index is 1320. The van der Waals surface area contributed by atoms with Crippen molar-refractivity contribution in [3.05, 3.63) is 89.7 Å². The molecule has 0 fully saturated rings. The van der Waals surface area contributed by atoms with Gasteiger partial charge < -0.3 is 15.0 Å². The molecule has 1 aromatic heterocycles. The molecule has 0 bridgehead atoms. The number of methoxy groups -OCH3 is 1. The first-order chi connectivity index (χ1) is 17.2. The third-order valence-corrected chi connectivity index (χ3v) is 6.02. The number of hydrogen-bond donors (Lipinski definition) is 2. The number of nitrogens with zero attached hydrogens (tertiary/aromatic N) is 3. The molecule has 2 amide bonds. The number of benzodiazepines with no additional fused rings is 1. The fourth-order valence-corrected chi connectivity index (χ4v) is 4.09. The molecule has 9 nitrogen and oxygen atoms in total. The number of ether oxygens (including phenoxy) is 1. The summed E-state index contributed by atoms with van der Waals surface area (Å²) in [5.74, 6) is -1.16. The number of ketones is 1. The molecule has 2 atom stereocenters. The summed E-state index contributed by atoms with van der Waals surface area (Å²) in [6.45, 7) is 1.49. The van der Waals surface area contributed by atoms with Crippen LogP contribution in [0.15, 0.2) is 77.9 Å². The van der Waals surface area contributed by atoms with E-state index in [1.165, 1.54) is 11.8 Å². The molecule has 1 aliphatic heterocycles. The second kappa shape index (κ2) is 10.1. The SMILES string of the molecule is COc1ccc(CC(=O)N[C@@H](C)C(=O)C2(N)N=C(c3ccccn3)c3ccccc3N(C)C2=O)cc1. The summed E-state index contributed by atoms with van der Waals surface area (Å²) in [5.41, 5.74) is 6.90. The lowest BCUT2D eigenvalue weighted by Gasteiger charge is -2.28. The van der Waals surface area contributed by atoms with E-state index in [0.717, 1.165) is 5.56 Å². The highest BCUT2D eigenvalue weighted by molar-refractivity contribution is 6.26. The Balaban J connectivity index is 1.64. The zero-order valence-electron chi connectivity index (χ0n) is 20.3. The monoisotopic (exact) mass is 485 g/mol. The number of Topliss-reactive ketones (excluding diaryl/α,β-unsaturated/α-hetero) is 1. The van der Waals surface area contributed by atoms with E-state index in [9.17, 15) is 14.4 Å². The van der Waals surface area contributed by atoms with Crippen LogP contribution in [-0.2, 0) is 20.8 Å². The second-order valence-corrected chi connectivity index (χ2v) is 8.50. The number of nitrogens with two attached hydrogens (primary N) is 1. The standard InChI is InChI=1S/C27H27N5O4/c1-17(30-23(33)16-18-11-13-19(36-3)14-12-18)25(34)27(28)26(35)32(2)22-10-5-4-8-20(22)24(31-27)21-9-6-7-15-29-21/h4-15,17H,16,28H2,1-3H3,(H,30,33)/t17-,27?/m0/s1. The normalized spacial score (nSPS) is 17.9. The van der Waals surface area contributed by atoms with Crippen molar-refractivity contribution in [1.82, 2.24) is 10.3 Å². The molecule has 3 aromatic rings. The molecule has 2 aromatic carbocycles. The molecular formula is C27H27N5O4. The summed E-state index contributed by atoms with van der Waals surface area (Å²) in [5, 5.41) is 2.66. The van der Waals surface area contributed by atoms with E-state index in [1.807, 2.05) is 6.07 Å². The topological polar surface area (TPSA) is 127 Å². The van der Waals surface area contributed by atoms with Gasteiger partial charge in [0.1, 0.15) is 5.75 Å². The first-order valence-electron chi connectivity index (χ1n) is 11.4. The Morgan fingerprint density at radius 2 is 1.78 bits per heavy atom. The molecule has 2 heterocycles. The molecule has 184 valence electrons. The maximum atomic E-state index is 13.6. The van der Waals surface area contributed by atoms with E-state index in [1.54, 1.807) is 81.0 Å². The van der Waals surface area contributed by atoms with E-state index in [4.69, 9.17) is 10.5 Å². The summed E-state index contributed by atoms with van der Waals surface area (Å²) in [6, 6.07) is 18.4. The summed E-state index contributed by atoms with van der Waals surface area (Å²) < 4.78 is 5.13. The zero-order chi connectivity index (χ0) is 25.9. The second-order valence-electron chi connectivity index (χ2n) is 8.50. The Morgan fingerprint density at radius 3 is 2.44 bits per heavy atom. The summed E-state index contributed by atoms with van der Waals surface area (Å²) in [6.07, 6.45) is 1.64. The molecule has 0 spiro atoms. The molecule has 4 rings (SSSR count). The highest BCUT2D eigenvalue weighted by Gasteiger charge is 2.48. The fourth-order valence-electron chi connectivity index (χ4n) is 4.09. The number of hydrogen-bond acceptors (Lipinski definition) is 7. The van der Waals surface area contributed by atoms with Crippen LogP contribution in [0.3, 0.4) is 0 Å². The van der Waals surface area contributed by atoms with Crippen molar-refractivity contribution < 1.29 is 19.1 Å².